The zero-order valence-electron chi connectivity index (χ0n) is 24.7. The molecule has 1 atom stereocenters. The van der Waals surface area contributed by atoms with Crippen LogP contribution in [-0.2, 0) is 32.6 Å². The van der Waals surface area contributed by atoms with Crippen LogP contribution in [0.1, 0.15) is 27.8 Å². The van der Waals surface area contributed by atoms with Crippen molar-refractivity contribution in [2.24, 2.45) is 0 Å². The number of carbonyl (C=O) groups excluding carboxylic acids is 2. The average Bonchev–Trinajstić information content (AvgIpc) is 3.00. The van der Waals surface area contributed by atoms with Gasteiger partial charge in [-0.1, -0.05) is 90.0 Å². The van der Waals surface area contributed by atoms with Gasteiger partial charge in [-0.15, -0.1) is 0 Å². The fourth-order valence-electron chi connectivity index (χ4n) is 4.89. The molecule has 0 spiro atoms. The molecule has 4 aromatic carbocycles. The monoisotopic (exact) mass is 617 g/mol. The van der Waals surface area contributed by atoms with Gasteiger partial charge in [0, 0.05) is 25.0 Å². The predicted octanol–water partition coefficient (Wildman–Crippen LogP) is 5.85. The smallest absolute Gasteiger partial charge is 0.264 e. The second-order valence-corrected chi connectivity index (χ2v) is 12.7. The van der Waals surface area contributed by atoms with E-state index in [1.54, 1.807) is 48.5 Å². The molecule has 224 valence electrons. The summed E-state index contributed by atoms with van der Waals surface area (Å²) >= 11 is 6.51. The third-order valence-corrected chi connectivity index (χ3v) is 9.69. The summed E-state index contributed by atoms with van der Waals surface area (Å²) in [6, 6.07) is 27.4. The molecule has 7 nitrogen and oxygen atoms in total. The van der Waals surface area contributed by atoms with Crippen LogP contribution in [-0.4, -0.2) is 44.8 Å². The third-order valence-electron chi connectivity index (χ3n) is 7.55. The summed E-state index contributed by atoms with van der Waals surface area (Å²) in [6.07, 6.45) is 0.227. The van der Waals surface area contributed by atoms with Gasteiger partial charge in [-0.3, -0.25) is 13.9 Å². The molecule has 0 heterocycles. The lowest BCUT2D eigenvalue weighted by Crippen LogP contribution is -2.53. The summed E-state index contributed by atoms with van der Waals surface area (Å²) in [5, 5.41) is 3.13. The highest BCUT2D eigenvalue weighted by Crippen LogP contribution is 2.30. The minimum Gasteiger partial charge on any atom is -0.357 e. The molecular formula is C34H36ClN3O4S. The highest BCUT2D eigenvalue weighted by molar-refractivity contribution is 7.92. The largest absolute Gasteiger partial charge is 0.357 e. The van der Waals surface area contributed by atoms with Crippen molar-refractivity contribution in [3.05, 3.63) is 130 Å². The molecule has 0 bridgehead atoms. The van der Waals surface area contributed by atoms with Crippen molar-refractivity contribution in [1.82, 2.24) is 10.2 Å². The summed E-state index contributed by atoms with van der Waals surface area (Å²) in [5.41, 5.74) is 4.41. The number of carbonyl (C=O) groups is 2. The van der Waals surface area contributed by atoms with Gasteiger partial charge in [0.15, 0.2) is 0 Å². The maximum Gasteiger partial charge on any atom is 0.264 e. The molecule has 0 aliphatic rings. The lowest BCUT2D eigenvalue weighted by molar-refractivity contribution is -0.139. The maximum atomic E-state index is 14.4. The number of amides is 2. The molecule has 2 amide bonds. The minimum absolute atomic E-state index is 0.00858. The zero-order valence-corrected chi connectivity index (χ0v) is 26.3. The van der Waals surface area contributed by atoms with Crippen LogP contribution in [0.5, 0.6) is 0 Å². The van der Waals surface area contributed by atoms with Gasteiger partial charge < -0.3 is 10.2 Å². The Kier molecular flexibility index (Phi) is 10.3. The van der Waals surface area contributed by atoms with Crippen LogP contribution in [0.4, 0.5) is 5.69 Å². The molecule has 0 saturated heterocycles. The Hall–Kier alpha value is -4.14. The van der Waals surface area contributed by atoms with E-state index in [9.17, 15) is 18.0 Å². The first-order chi connectivity index (χ1) is 20.5. The van der Waals surface area contributed by atoms with Gasteiger partial charge in [0.05, 0.1) is 10.6 Å². The van der Waals surface area contributed by atoms with E-state index in [2.05, 4.69) is 5.32 Å². The van der Waals surface area contributed by atoms with Gasteiger partial charge in [-0.2, -0.15) is 0 Å². The van der Waals surface area contributed by atoms with E-state index in [4.69, 9.17) is 11.6 Å². The van der Waals surface area contributed by atoms with E-state index in [0.717, 1.165) is 26.6 Å². The average molecular weight is 618 g/mol. The predicted molar refractivity (Wildman–Crippen MR) is 172 cm³/mol. The van der Waals surface area contributed by atoms with E-state index in [1.807, 2.05) is 57.2 Å². The lowest BCUT2D eigenvalue weighted by atomic mass is 10.0. The van der Waals surface area contributed by atoms with E-state index < -0.39 is 28.5 Å². The van der Waals surface area contributed by atoms with Crippen molar-refractivity contribution in [1.29, 1.82) is 0 Å². The summed E-state index contributed by atoms with van der Waals surface area (Å²) in [4.78, 5) is 29.3. The first kappa shape index (κ1) is 31.8. The van der Waals surface area contributed by atoms with E-state index in [-0.39, 0.29) is 23.8 Å². The Balaban J connectivity index is 1.83. The standard InChI is InChI=1S/C34H36ClN3O4S/c1-24-17-19-29(20-18-24)43(41,42)38(31-16-10-11-25(2)26(31)3)23-33(39)37(22-28-14-8-9-15-30(28)35)32(34(40)36-4)21-27-12-6-5-7-13-27/h5-20,32H,21-23H2,1-4H3,(H,36,40)/t32-/m1/s1. The molecule has 0 radical (unpaired) electrons. The number of nitrogens with zero attached hydrogens (tertiary/aromatic N) is 2. The van der Waals surface area contributed by atoms with Crippen LogP contribution in [0.25, 0.3) is 0 Å². The zero-order chi connectivity index (χ0) is 31.1. The number of rotatable bonds is 11. The van der Waals surface area contributed by atoms with Gasteiger partial charge in [-0.05, 0) is 67.3 Å². The fourth-order valence-corrected chi connectivity index (χ4v) is 6.55. The van der Waals surface area contributed by atoms with E-state index >= 15 is 0 Å². The summed E-state index contributed by atoms with van der Waals surface area (Å²) < 4.78 is 29.5. The Labute approximate surface area is 259 Å². The Bertz CT molecular complexity index is 1690. The molecule has 0 aliphatic heterocycles. The Morgan fingerprint density at radius 1 is 0.837 bits per heavy atom. The number of sulfonamides is 1. The molecule has 0 fully saturated rings. The Morgan fingerprint density at radius 3 is 2.14 bits per heavy atom. The first-order valence-corrected chi connectivity index (χ1v) is 15.8. The van der Waals surface area contributed by atoms with Crippen molar-refractivity contribution in [2.75, 3.05) is 17.9 Å². The topological polar surface area (TPSA) is 86.8 Å². The van der Waals surface area contributed by atoms with E-state index in [1.165, 1.54) is 24.1 Å². The summed E-state index contributed by atoms with van der Waals surface area (Å²) in [6.45, 7) is 5.09. The molecule has 0 saturated carbocycles. The van der Waals surface area contributed by atoms with Crippen molar-refractivity contribution in [2.45, 2.75) is 44.7 Å². The van der Waals surface area contributed by atoms with Crippen molar-refractivity contribution < 1.29 is 18.0 Å². The van der Waals surface area contributed by atoms with Crippen LogP contribution in [0, 0.1) is 20.8 Å². The Morgan fingerprint density at radius 2 is 1.49 bits per heavy atom. The maximum absolute atomic E-state index is 14.4. The lowest BCUT2D eigenvalue weighted by Gasteiger charge is -2.34. The second kappa shape index (κ2) is 13.9. The number of hydrogen-bond acceptors (Lipinski definition) is 4. The molecule has 0 unspecified atom stereocenters. The number of nitrogens with one attached hydrogen (secondary N) is 1. The fraction of sp³-hybridized carbons (Fsp3) is 0.235. The minimum atomic E-state index is -4.17. The number of anilines is 1. The highest BCUT2D eigenvalue weighted by Gasteiger charge is 2.35. The SMILES string of the molecule is CNC(=O)[C@@H](Cc1ccccc1)N(Cc1ccccc1Cl)C(=O)CN(c1cccc(C)c1C)S(=O)(=O)c1ccc(C)cc1. The van der Waals surface area contributed by atoms with Gasteiger partial charge >= 0.3 is 0 Å². The van der Waals surface area contributed by atoms with Crippen molar-refractivity contribution in [3.8, 4) is 0 Å². The first-order valence-electron chi connectivity index (χ1n) is 14.0. The van der Waals surface area contributed by atoms with Gasteiger partial charge in [0.2, 0.25) is 11.8 Å². The van der Waals surface area contributed by atoms with Crippen molar-refractivity contribution >= 4 is 39.1 Å². The van der Waals surface area contributed by atoms with Crippen LogP contribution in [0.3, 0.4) is 0 Å². The number of aryl methyl sites for hydroxylation is 2. The number of likely N-dealkylation sites (N-methyl/N-ethyl adjacent to an activating group) is 1. The van der Waals surface area contributed by atoms with Gasteiger partial charge in [0.25, 0.3) is 10.0 Å². The number of benzene rings is 4. The third kappa shape index (κ3) is 7.45. The molecular weight excluding hydrogens is 582 g/mol. The molecule has 0 aliphatic carbocycles. The molecule has 9 heteroatoms. The van der Waals surface area contributed by atoms with E-state index in [0.29, 0.717) is 16.3 Å². The summed E-state index contributed by atoms with van der Waals surface area (Å²) in [5.74, 6) is -0.912. The highest BCUT2D eigenvalue weighted by atomic mass is 35.5. The molecule has 4 aromatic rings. The molecule has 0 aromatic heterocycles. The van der Waals surface area contributed by atoms with Crippen LogP contribution < -0.4 is 9.62 Å². The molecule has 1 N–H and O–H groups in total. The quantitative estimate of drug-likeness (QED) is 0.229. The van der Waals surface area contributed by atoms with Gasteiger partial charge in [0.1, 0.15) is 12.6 Å². The normalized spacial score (nSPS) is 11.9. The van der Waals surface area contributed by atoms with Crippen LogP contribution in [0.15, 0.2) is 102 Å². The van der Waals surface area contributed by atoms with Gasteiger partial charge in [-0.25, -0.2) is 8.42 Å². The molecule has 4 rings (SSSR count). The number of hydrogen-bond donors (Lipinski definition) is 1. The second-order valence-electron chi connectivity index (χ2n) is 10.5. The van der Waals surface area contributed by atoms with Crippen LogP contribution >= 0.6 is 11.6 Å². The number of halogens is 1. The van der Waals surface area contributed by atoms with Crippen LogP contribution in [0.2, 0.25) is 5.02 Å². The molecule has 43 heavy (non-hydrogen) atoms. The summed E-state index contributed by atoms with van der Waals surface area (Å²) in [7, 11) is -2.65. The van der Waals surface area contributed by atoms with Crippen molar-refractivity contribution in [3.63, 3.8) is 0 Å².